The Kier molecular flexibility index (Phi) is 4.66. The van der Waals surface area contributed by atoms with Crippen LogP contribution in [0.1, 0.15) is 19.8 Å². The molecule has 0 radical (unpaired) electrons. The molecule has 1 aliphatic heterocycles. The number of benzene rings is 1. The molecule has 0 bridgehead atoms. The van der Waals surface area contributed by atoms with E-state index in [-0.39, 0.29) is 12.0 Å². The lowest BCUT2D eigenvalue weighted by atomic mass is 9.93. The minimum absolute atomic E-state index is 0.0282. The Hall–Kier alpha value is -0.430. The molecule has 0 aliphatic carbocycles. The monoisotopic (exact) mass is 346 g/mol. The van der Waals surface area contributed by atoms with Crippen LogP contribution in [-0.4, -0.2) is 31.9 Å². The lowest BCUT2D eigenvalue weighted by Gasteiger charge is -2.33. The van der Waals surface area contributed by atoms with Gasteiger partial charge in [-0.25, -0.2) is 8.42 Å². The van der Waals surface area contributed by atoms with Gasteiger partial charge in [-0.15, -0.1) is 0 Å². The van der Waals surface area contributed by atoms with Gasteiger partial charge in [-0.1, -0.05) is 22.0 Å². The first kappa shape index (κ1) is 15.0. The van der Waals surface area contributed by atoms with Crippen molar-refractivity contribution in [1.82, 2.24) is 4.31 Å². The van der Waals surface area contributed by atoms with E-state index >= 15 is 0 Å². The SMILES string of the molecule is C[C@H](N)[C@H]1CCCN(S(=O)(=O)c2cccc(Br)c2)C1. The predicted molar refractivity (Wildman–Crippen MR) is 79.3 cm³/mol. The van der Waals surface area contributed by atoms with E-state index in [0.29, 0.717) is 18.0 Å². The van der Waals surface area contributed by atoms with Crippen LogP contribution in [0.25, 0.3) is 0 Å². The molecule has 6 heteroatoms. The van der Waals surface area contributed by atoms with Crippen LogP contribution in [-0.2, 0) is 10.0 Å². The average Bonchev–Trinajstić information content (AvgIpc) is 2.39. The Balaban J connectivity index is 2.24. The summed E-state index contributed by atoms with van der Waals surface area (Å²) in [4.78, 5) is 0.340. The predicted octanol–water partition coefficient (Wildman–Crippen LogP) is 2.20. The highest BCUT2D eigenvalue weighted by atomic mass is 79.9. The molecule has 2 rings (SSSR count). The first-order valence-corrected chi connectivity index (χ1v) is 8.66. The molecule has 1 saturated heterocycles. The topological polar surface area (TPSA) is 63.4 Å². The summed E-state index contributed by atoms with van der Waals surface area (Å²) in [6, 6.07) is 6.87. The standard InChI is InChI=1S/C13H19BrN2O2S/c1-10(15)11-4-3-7-16(9-11)19(17,18)13-6-2-5-12(14)8-13/h2,5-6,8,10-11H,3-4,7,9,15H2,1H3/t10-,11-/m0/s1. The fourth-order valence-electron chi connectivity index (χ4n) is 2.40. The van der Waals surface area contributed by atoms with Gasteiger partial charge in [-0.2, -0.15) is 4.31 Å². The minimum Gasteiger partial charge on any atom is -0.328 e. The summed E-state index contributed by atoms with van der Waals surface area (Å²) in [5.41, 5.74) is 5.91. The second-order valence-corrected chi connectivity index (χ2v) is 7.94. The van der Waals surface area contributed by atoms with Gasteiger partial charge in [0.1, 0.15) is 0 Å². The third-order valence-corrected chi connectivity index (χ3v) is 5.95. The van der Waals surface area contributed by atoms with Crippen molar-refractivity contribution in [3.8, 4) is 0 Å². The molecule has 1 aliphatic rings. The van der Waals surface area contributed by atoms with Crippen LogP contribution in [0.5, 0.6) is 0 Å². The van der Waals surface area contributed by atoms with Crippen molar-refractivity contribution in [3.05, 3.63) is 28.7 Å². The summed E-state index contributed by atoms with van der Waals surface area (Å²) in [6.45, 7) is 3.05. The smallest absolute Gasteiger partial charge is 0.243 e. The van der Waals surface area contributed by atoms with E-state index in [4.69, 9.17) is 5.73 Å². The molecule has 0 unspecified atom stereocenters. The maximum absolute atomic E-state index is 12.6. The molecule has 0 amide bonds. The summed E-state index contributed by atoms with van der Waals surface area (Å²) in [7, 11) is -3.40. The first-order chi connectivity index (χ1) is 8.91. The molecule has 0 saturated carbocycles. The Morgan fingerprint density at radius 2 is 2.21 bits per heavy atom. The number of rotatable bonds is 3. The van der Waals surface area contributed by atoms with Gasteiger partial charge >= 0.3 is 0 Å². The third-order valence-electron chi connectivity index (χ3n) is 3.60. The van der Waals surface area contributed by atoms with Crippen molar-refractivity contribution in [3.63, 3.8) is 0 Å². The van der Waals surface area contributed by atoms with Crippen LogP contribution < -0.4 is 5.73 Å². The highest BCUT2D eigenvalue weighted by Gasteiger charge is 2.31. The van der Waals surface area contributed by atoms with Gasteiger partial charge in [0, 0.05) is 23.6 Å². The van der Waals surface area contributed by atoms with Gasteiger partial charge in [0.25, 0.3) is 0 Å². The second kappa shape index (κ2) is 5.91. The summed E-state index contributed by atoms with van der Waals surface area (Å²) in [6.07, 6.45) is 1.88. The molecule has 1 aromatic carbocycles. The van der Waals surface area contributed by atoms with Gasteiger partial charge in [-0.05, 0) is 43.9 Å². The molecule has 19 heavy (non-hydrogen) atoms. The van der Waals surface area contributed by atoms with E-state index in [9.17, 15) is 8.42 Å². The van der Waals surface area contributed by atoms with E-state index in [2.05, 4.69) is 15.9 Å². The van der Waals surface area contributed by atoms with Crippen LogP contribution in [0, 0.1) is 5.92 Å². The van der Waals surface area contributed by atoms with Gasteiger partial charge in [0.15, 0.2) is 0 Å². The first-order valence-electron chi connectivity index (χ1n) is 6.42. The third kappa shape index (κ3) is 3.37. The molecule has 1 heterocycles. The van der Waals surface area contributed by atoms with Crippen molar-refractivity contribution in [2.24, 2.45) is 11.7 Å². The van der Waals surface area contributed by atoms with Crippen molar-refractivity contribution in [2.75, 3.05) is 13.1 Å². The minimum atomic E-state index is -3.40. The number of halogens is 1. The van der Waals surface area contributed by atoms with E-state index in [1.54, 1.807) is 22.5 Å². The van der Waals surface area contributed by atoms with Crippen LogP contribution in [0.4, 0.5) is 0 Å². The molecule has 1 fully saturated rings. The fraction of sp³-hybridized carbons (Fsp3) is 0.538. The molecule has 2 atom stereocenters. The average molecular weight is 347 g/mol. The number of nitrogens with zero attached hydrogens (tertiary/aromatic N) is 1. The van der Waals surface area contributed by atoms with Crippen LogP contribution >= 0.6 is 15.9 Å². The summed E-state index contributed by atoms with van der Waals surface area (Å²) in [5.74, 6) is 0.246. The Morgan fingerprint density at radius 3 is 2.84 bits per heavy atom. The normalized spacial score (nSPS) is 23.2. The number of piperidine rings is 1. The summed E-state index contributed by atoms with van der Waals surface area (Å²) >= 11 is 3.31. The van der Waals surface area contributed by atoms with Gasteiger partial charge in [0.2, 0.25) is 10.0 Å². The Morgan fingerprint density at radius 1 is 1.47 bits per heavy atom. The molecular weight excluding hydrogens is 328 g/mol. The number of hydrogen-bond acceptors (Lipinski definition) is 3. The highest BCUT2D eigenvalue weighted by molar-refractivity contribution is 9.10. The van der Waals surface area contributed by atoms with E-state index < -0.39 is 10.0 Å². The van der Waals surface area contributed by atoms with Crippen molar-refractivity contribution < 1.29 is 8.42 Å². The molecule has 1 aromatic rings. The van der Waals surface area contributed by atoms with Crippen molar-refractivity contribution >= 4 is 26.0 Å². The lowest BCUT2D eigenvalue weighted by Crippen LogP contribution is -2.44. The van der Waals surface area contributed by atoms with E-state index in [1.165, 1.54) is 0 Å². The van der Waals surface area contributed by atoms with Crippen LogP contribution in [0.3, 0.4) is 0 Å². The zero-order chi connectivity index (χ0) is 14.0. The van der Waals surface area contributed by atoms with E-state index in [1.807, 2.05) is 13.0 Å². The van der Waals surface area contributed by atoms with Gasteiger partial charge in [0.05, 0.1) is 4.90 Å². The molecular formula is C13H19BrN2O2S. The second-order valence-electron chi connectivity index (χ2n) is 5.08. The lowest BCUT2D eigenvalue weighted by molar-refractivity contribution is 0.243. The zero-order valence-electron chi connectivity index (χ0n) is 10.9. The number of hydrogen-bond donors (Lipinski definition) is 1. The number of sulfonamides is 1. The Labute approximate surface area is 123 Å². The molecule has 106 valence electrons. The maximum Gasteiger partial charge on any atom is 0.243 e. The quantitative estimate of drug-likeness (QED) is 0.912. The maximum atomic E-state index is 12.6. The fourth-order valence-corrected chi connectivity index (χ4v) is 4.53. The van der Waals surface area contributed by atoms with Gasteiger partial charge < -0.3 is 5.73 Å². The molecule has 2 N–H and O–H groups in total. The molecule has 0 spiro atoms. The summed E-state index contributed by atoms with van der Waals surface area (Å²) < 4.78 is 27.5. The van der Waals surface area contributed by atoms with Crippen LogP contribution in [0.2, 0.25) is 0 Å². The molecule has 0 aromatic heterocycles. The van der Waals surface area contributed by atoms with E-state index in [0.717, 1.165) is 17.3 Å². The Bertz CT molecular complexity index is 545. The molecule has 4 nitrogen and oxygen atoms in total. The van der Waals surface area contributed by atoms with Crippen molar-refractivity contribution in [2.45, 2.75) is 30.7 Å². The summed E-state index contributed by atoms with van der Waals surface area (Å²) in [5, 5.41) is 0. The van der Waals surface area contributed by atoms with Crippen molar-refractivity contribution in [1.29, 1.82) is 0 Å². The zero-order valence-corrected chi connectivity index (χ0v) is 13.3. The van der Waals surface area contributed by atoms with Crippen LogP contribution in [0.15, 0.2) is 33.6 Å². The largest absolute Gasteiger partial charge is 0.328 e. The highest BCUT2D eigenvalue weighted by Crippen LogP contribution is 2.26. The van der Waals surface area contributed by atoms with Gasteiger partial charge in [-0.3, -0.25) is 0 Å². The number of nitrogens with two attached hydrogens (primary N) is 1.